The van der Waals surface area contributed by atoms with Crippen molar-refractivity contribution in [2.24, 2.45) is 0 Å². The number of alkyl halides is 3. The van der Waals surface area contributed by atoms with Gasteiger partial charge in [0.2, 0.25) is 0 Å². The lowest BCUT2D eigenvalue weighted by atomic mass is 9.73. The van der Waals surface area contributed by atoms with Gasteiger partial charge in [0, 0.05) is 35.7 Å². The normalized spacial score (nSPS) is 17.3. The van der Waals surface area contributed by atoms with Gasteiger partial charge in [0.05, 0.1) is 23.8 Å². The van der Waals surface area contributed by atoms with E-state index in [9.17, 15) is 27.5 Å². The Balaban J connectivity index is 1.61. The maximum atomic E-state index is 13.5. The Morgan fingerprint density at radius 3 is 2.45 bits per heavy atom. The monoisotopic (exact) mass is 464 g/mol. The zero-order chi connectivity index (χ0) is 23.8. The first-order valence-electron chi connectivity index (χ1n) is 10.6. The Hall–Kier alpha value is -3.07. The molecule has 1 fully saturated rings. The first-order chi connectivity index (χ1) is 15.6. The van der Waals surface area contributed by atoms with E-state index in [0.29, 0.717) is 29.3 Å². The molecule has 4 rings (SSSR count). The van der Waals surface area contributed by atoms with Crippen LogP contribution in [0.5, 0.6) is 0 Å². The number of likely N-dealkylation sites (tertiary alicyclic amines) is 1. The van der Waals surface area contributed by atoms with Crippen molar-refractivity contribution in [3.8, 4) is 0 Å². The molecule has 1 atom stereocenters. The number of piperidine rings is 1. The van der Waals surface area contributed by atoms with Crippen LogP contribution in [-0.2, 0) is 16.3 Å². The van der Waals surface area contributed by atoms with Crippen LogP contribution in [0, 0.1) is 5.82 Å². The number of nitrogens with one attached hydrogen (secondary N) is 1. The molecule has 1 unspecified atom stereocenters. The number of rotatable bonds is 5. The van der Waals surface area contributed by atoms with Gasteiger partial charge >= 0.3 is 12.3 Å². The summed E-state index contributed by atoms with van der Waals surface area (Å²) >= 11 is 0. The third kappa shape index (κ3) is 4.68. The minimum Gasteiger partial charge on any atom is -0.465 e. The summed E-state index contributed by atoms with van der Waals surface area (Å²) in [7, 11) is 0. The maximum Gasteiger partial charge on any atom is 0.416 e. The summed E-state index contributed by atoms with van der Waals surface area (Å²) in [6.45, 7) is 2.43. The Bertz CT molecular complexity index is 1130. The third-order valence-electron chi connectivity index (χ3n) is 6.51. The smallest absolute Gasteiger partial charge is 0.416 e. The number of amides is 1. The molecule has 2 N–H and O–H groups in total. The molecule has 0 radical (unpaired) electrons. The van der Waals surface area contributed by atoms with Crippen molar-refractivity contribution in [3.63, 3.8) is 0 Å². The zero-order valence-corrected chi connectivity index (χ0v) is 18.0. The van der Waals surface area contributed by atoms with E-state index in [1.54, 1.807) is 31.3 Å². The first-order valence-corrected chi connectivity index (χ1v) is 10.6. The molecule has 5 nitrogen and oxygen atoms in total. The average Bonchev–Trinajstić information content (AvgIpc) is 3.26. The van der Waals surface area contributed by atoms with E-state index in [-0.39, 0.29) is 25.5 Å². The molecule has 0 saturated carbocycles. The number of hydrogen-bond acceptors (Lipinski definition) is 2. The molecule has 1 aliphatic heterocycles. The van der Waals surface area contributed by atoms with Crippen LogP contribution in [-0.4, -0.2) is 40.8 Å². The number of H-pyrrole nitrogens is 1. The molecular weight excluding hydrogens is 440 g/mol. The average molecular weight is 464 g/mol. The van der Waals surface area contributed by atoms with Crippen molar-refractivity contribution in [2.75, 3.05) is 19.7 Å². The van der Waals surface area contributed by atoms with E-state index < -0.39 is 29.4 Å². The molecule has 1 aliphatic rings. The van der Waals surface area contributed by atoms with Crippen LogP contribution in [0.15, 0.2) is 48.7 Å². The largest absolute Gasteiger partial charge is 0.465 e. The lowest BCUT2D eigenvalue weighted by Gasteiger charge is -2.41. The molecular formula is C24H24F4N2O3. The van der Waals surface area contributed by atoms with E-state index in [1.165, 1.54) is 17.0 Å². The van der Waals surface area contributed by atoms with Gasteiger partial charge in [-0.1, -0.05) is 12.1 Å². The Labute approximate surface area is 188 Å². The highest BCUT2D eigenvalue weighted by Crippen LogP contribution is 2.39. The number of carbonyl (C=O) groups is 1. The van der Waals surface area contributed by atoms with E-state index in [0.717, 1.165) is 17.7 Å². The summed E-state index contributed by atoms with van der Waals surface area (Å²) in [6.07, 6.45) is -3.66. The van der Waals surface area contributed by atoms with Crippen molar-refractivity contribution in [1.29, 1.82) is 0 Å². The molecule has 33 heavy (non-hydrogen) atoms. The Morgan fingerprint density at radius 1 is 1.18 bits per heavy atom. The molecule has 176 valence electrons. The standard InChI is InChI=1S/C24H24F4N2O3/c1-15(20-13-18(24(26,27)28)12-16-6-9-29-21(16)20)33-14-23(17-2-4-19(25)5-3-17)7-10-30(11-8-23)22(31)32/h2-6,9,12-13,15,29H,7-8,10-11,14H2,1H3,(H,31,32). The second-order valence-corrected chi connectivity index (χ2v) is 8.52. The summed E-state index contributed by atoms with van der Waals surface area (Å²) < 4.78 is 59.9. The fourth-order valence-corrected chi connectivity index (χ4v) is 4.51. The van der Waals surface area contributed by atoms with Gasteiger partial charge in [-0.05, 0) is 55.7 Å². The predicted octanol–water partition coefficient (Wildman–Crippen LogP) is 6.12. The van der Waals surface area contributed by atoms with Gasteiger partial charge in [-0.2, -0.15) is 13.2 Å². The van der Waals surface area contributed by atoms with Crippen molar-refractivity contribution in [3.05, 3.63) is 71.2 Å². The zero-order valence-electron chi connectivity index (χ0n) is 18.0. The third-order valence-corrected chi connectivity index (χ3v) is 6.51. The maximum absolute atomic E-state index is 13.5. The van der Waals surface area contributed by atoms with Crippen LogP contribution in [0.25, 0.3) is 10.9 Å². The summed E-state index contributed by atoms with van der Waals surface area (Å²) in [5.41, 5.74) is 0.456. The van der Waals surface area contributed by atoms with Crippen molar-refractivity contribution < 1.29 is 32.2 Å². The molecule has 0 aliphatic carbocycles. The van der Waals surface area contributed by atoms with Crippen LogP contribution in [0.4, 0.5) is 22.4 Å². The number of fused-ring (bicyclic) bond motifs is 1. The Kier molecular flexibility index (Phi) is 6.09. The number of carboxylic acid groups (broad SMARTS) is 1. The van der Waals surface area contributed by atoms with E-state index >= 15 is 0 Å². The van der Waals surface area contributed by atoms with E-state index in [2.05, 4.69) is 4.98 Å². The highest BCUT2D eigenvalue weighted by molar-refractivity contribution is 5.84. The molecule has 1 aromatic heterocycles. The van der Waals surface area contributed by atoms with E-state index in [1.807, 2.05) is 0 Å². The second-order valence-electron chi connectivity index (χ2n) is 8.52. The molecule has 9 heteroatoms. The van der Waals surface area contributed by atoms with Crippen LogP contribution in [0.2, 0.25) is 0 Å². The molecule has 2 aromatic carbocycles. The number of ether oxygens (including phenoxy) is 1. The summed E-state index contributed by atoms with van der Waals surface area (Å²) in [4.78, 5) is 15.7. The van der Waals surface area contributed by atoms with Gasteiger partial charge < -0.3 is 19.7 Å². The molecule has 2 heterocycles. The van der Waals surface area contributed by atoms with Crippen molar-refractivity contribution >= 4 is 17.0 Å². The lowest BCUT2D eigenvalue weighted by Crippen LogP contribution is -2.47. The van der Waals surface area contributed by atoms with Gasteiger partial charge in [0.1, 0.15) is 5.82 Å². The number of benzene rings is 2. The fraction of sp³-hybridized carbons (Fsp3) is 0.375. The van der Waals surface area contributed by atoms with Crippen molar-refractivity contribution in [1.82, 2.24) is 9.88 Å². The lowest BCUT2D eigenvalue weighted by molar-refractivity contribution is -0.137. The van der Waals surface area contributed by atoms with Crippen LogP contribution < -0.4 is 0 Å². The molecule has 0 bridgehead atoms. The number of aromatic nitrogens is 1. The van der Waals surface area contributed by atoms with Gasteiger partial charge in [-0.25, -0.2) is 9.18 Å². The number of aromatic amines is 1. The minimum atomic E-state index is -4.49. The molecule has 1 amide bonds. The fourth-order valence-electron chi connectivity index (χ4n) is 4.51. The first kappa shape index (κ1) is 23.1. The minimum absolute atomic E-state index is 0.158. The highest BCUT2D eigenvalue weighted by Gasteiger charge is 2.39. The van der Waals surface area contributed by atoms with Gasteiger partial charge in [0.25, 0.3) is 0 Å². The van der Waals surface area contributed by atoms with Gasteiger partial charge in [-0.15, -0.1) is 0 Å². The summed E-state index contributed by atoms with van der Waals surface area (Å²) in [6, 6.07) is 9.80. The van der Waals surface area contributed by atoms with Gasteiger partial charge in [0.15, 0.2) is 0 Å². The highest BCUT2D eigenvalue weighted by atomic mass is 19.4. The number of halogens is 4. The SMILES string of the molecule is CC(OCC1(c2ccc(F)cc2)CCN(C(=O)O)CC1)c1cc(C(F)(F)F)cc2cc[nH]c12. The van der Waals surface area contributed by atoms with Crippen LogP contribution in [0.3, 0.4) is 0 Å². The summed E-state index contributed by atoms with van der Waals surface area (Å²) in [5, 5.41) is 9.75. The summed E-state index contributed by atoms with van der Waals surface area (Å²) in [5.74, 6) is -0.385. The quantitative estimate of drug-likeness (QED) is 0.448. The number of nitrogens with zero attached hydrogens (tertiary/aromatic N) is 1. The topological polar surface area (TPSA) is 65.6 Å². The molecule has 3 aromatic rings. The molecule has 1 saturated heterocycles. The van der Waals surface area contributed by atoms with Crippen LogP contribution >= 0.6 is 0 Å². The van der Waals surface area contributed by atoms with Gasteiger partial charge in [-0.3, -0.25) is 0 Å². The Morgan fingerprint density at radius 2 is 1.85 bits per heavy atom. The van der Waals surface area contributed by atoms with Crippen molar-refractivity contribution in [2.45, 2.75) is 37.5 Å². The predicted molar refractivity (Wildman–Crippen MR) is 115 cm³/mol. The number of hydrogen-bond donors (Lipinski definition) is 2. The second kappa shape index (κ2) is 8.70. The molecule has 0 spiro atoms. The van der Waals surface area contributed by atoms with E-state index in [4.69, 9.17) is 4.74 Å². The van der Waals surface area contributed by atoms with Crippen LogP contribution in [0.1, 0.15) is 42.6 Å².